The molecule has 1 aromatic heterocycles. The Morgan fingerprint density at radius 3 is 3.30 bits per heavy atom. The van der Waals surface area contributed by atoms with Crippen molar-refractivity contribution in [3.05, 3.63) is 22.4 Å². The Labute approximate surface area is 124 Å². The van der Waals surface area contributed by atoms with E-state index < -0.39 is 0 Å². The van der Waals surface area contributed by atoms with Gasteiger partial charge in [0.25, 0.3) is 0 Å². The lowest BCUT2D eigenvalue weighted by Crippen LogP contribution is -2.49. The van der Waals surface area contributed by atoms with Crippen molar-refractivity contribution in [2.24, 2.45) is 5.92 Å². The Kier molecular flexibility index (Phi) is 4.70. The zero-order valence-corrected chi connectivity index (χ0v) is 12.6. The molecule has 0 radical (unpaired) electrons. The van der Waals surface area contributed by atoms with Crippen molar-refractivity contribution in [3.63, 3.8) is 0 Å². The van der Waals surface area contributed by atoms with Gasteiger partial charge in [-0.2, -0.15) is 0 Å². The molecule has 3 heterocycles. The number of carbonyl (C=O) groups excluding carboxylic acids is 1. The molecular weight excluding hydrogens is 270 g/mol. The van der Waals surface area contributed by atoms with Gasteiger partial charge in [0.1, 0.15) is 0 Å². The standard InChI is InChI=1S/C15H23N3OS/c19-15(17-6-5-13-4-2-8-20-13)11-18-7-1-3-12-9-16-10-14(12)18/h2,4,8,12,14,16H,1,3,5-7,9-11H2,(H,17,19). The first-order valence-electron chi connectivity index (χ1n) is 7.57. The van der Waals surface area contributed by atoms with Crippen LogP contribution in [0.4, 0.5) is 0 Å². The zero-order valence-electron chi connectivity index (χ0n) is 11.8. The SMILES string of the molecule is O=C(CN1CCCC2CNCC21)NCCc1cccs1. The number of fused-ring (bicyclic) bond motifs is 1. The Morgan fingerprint density at radius 1 is 1.50 bits per heavy atom. The maximum atomic E-state index is 12.1. The van der Waals surface area contributed by atoms with E-state index in [4.69, 9.17) is 0 Å². The molecule has 0 aliphatic carbocycles. The number of piperidine rings is 1. The summed E-state index contributed by atoms with van der Waals surface area (Å²) < 4.78 is 0. The van der Waals surface area contributed by atoms with Crippen LogP contribution in [0.2, 0.25) is 0 Å². The molecule has 2 aliphatic rings. The summed E-state index contributed by atoms with van der Waals surface area (Å²) in [5.74, 6) is 0.928. The van der Waals surface area contributed by atoms with Crippen LogP contribution in [0.15, 0.2) is 17.5 Å². The van der Waals surface area contributed by atoms with Crippen LogP contribution in [0.25, 0.3) is 0 Å². The van der Waals surface area contributed by atoms with Gasteiger partial charge in [0, 0.05) is 24.0 Å². The Hall–Kier alpha value is -0.910. The third-order valence-electron chi connectivity index (χ3n) is 4.41. The lowest BCUT2D eigenvalue weighted by molar-refractivity contribution is -0.123. The zero-order chi connectivity index (χ0) is 13.8. The fourth-order valence-electron chi connectivity index (χ4n) is 3.38. The molecule has 0 bridgehead atoms. The van der Waals surface area contributed by atoms with Gasteiger partial charge in [-0.25, -0.2) is 0 Å². The van der Waals surface area contributed by atoms with Crippen molar-refractivity contribution in [3.8, 4) is 0 Å². The van der Waals surface area contributed by atoms with Gasteiger partial charge in [-0.05, 0) is 49.7 Å². The van der Waals surface area contributed by atoms with E-state index in [1.807, 2.05) is 0 Å². The van der Waals surface area contributed by atoms with Gasteiger partial charge in [0.2, 0.25) is 5.91 Å². The Balaban J connectivity index is 1.41. The topological polar surface area (TPSA) is 44.4 Å². The van der Waals surface area contributed by atoms with Crippen LogP contribution < -0.4 is 10.6 Å². The fraction of sp³-hybridized carbons (Fsp3) is 0.667. The second-order valence-corrected chi connectivity index (χ2v) is 6.81. The van der Waals surface area contributed by atoms with Crippen LogP contribution >= 0.6 is 11.3 Å². The first-order chi connectivity index (χ1) is 9.83. The second-order valence-electron chi connectivity index (χ2n) is 5.78. The maximum absolute atomic E-state index is 12.1. The predicted molar refractivity (Wildman–Crippen MR) is 82.0 cm³/mol. The normalized spacial score (nSPS) is 26.4. The third kappa shape index (κ3) is 3.40. The van der Waals surface area contributed by atoms with Gasteiger partial charge >= 0.3 is 0 Å². The molecule has 20 heavy (non-hydrogen) atoms. The van der Waals surface area contributed by atoms with Gasteiger partial charge in [-0.15, -0.1) is 11.3 Å². The summed E-state index contributed by atoms with van der Waals surface area (Å²) in [6, 6.07) is 4.76. The minimum absolute atomic E-state index is 0.175. The van der Waals surface area contributed by atoms with E-state index in [-0.39, 0.29) is 5.91 Å². The number of hydrogen-bond acceptors (Lipinski definition) is 4. The minimum Gasteiger partial charge on any atom is -0.355 e. The number of nitrogens with one attached hydrogen (secondary N) is 2. The number of amides is 1. The first-order valence-corrected chi connectivity index (χ1v) is 8.45. The Morgan fingerprint density at radius 2 is 2.45 bits per heavy atom. The smallest absolute Gasteiger partial charge is 0.234 e. The molecule has 5 heteroatoms. The van der Waals surface area contributed by atoms with Crippen molar-refractivity contribution < 1.29 is 4.79 Å². The maximum Gasteiger partial charge on any atom is 0.234 e. The van der Waals surface area contributed by atoms with Crippen LogP contribution in [0, 0.1) is 5.92 Å². The number of thiophene rings is 1. The average Bonchev–Trinajstić information content (AvgIpc) is 3.09. The summed E-state index contributed by atoms with van der Waals surface area (Å²) in [6.07, 6.45) is 3.48. The van der Waals surface area contributed by atoms with E-state index >= 15 is 0 Å². The highest BCUT2D eigenvalue weighted by atomic mass is 32.1. The van der Waals surface area contributed by atoms with E-state index in [0.29, 0.717) is 12.6 Å². The molecule has 4 nitrogen and oxygen atoms in total. The largest absolute Gasteiger partial charge is 0.355 e. The summed E-state index contributed by atoms with van der Waals surface area (Å²) in [7, 11) is 0. The van der Waals surface area contributed by atoms with Crippen molar-refractivity contribution in [1.82, 2.24) is 15.5 Å². The molecule has 2 fully saturated rings. The summed E-state index contributed by atoms with van der Waals surface area (Å²) in [5.41, 5.74) is 0. The van der Waals surface area contributed by atoms with Gasteiger partial charge in [-0.1, -0.05) is 6.07 Å². The van der Waals surface area contributed by atoms with E-state index in [9.17, 15) is 4.79 Å². The molecule has 2 unspecified atom stereocenters. The highest BCUT2D eigenvalue weighted by Gasteiger charge is 2.35. The lowest BCUT2D eigenvalue weighted by Gasteiger charge is -2.36. The monoisotopic (exact) mass is 293 g/mol. The van der Waals surface area contributed by atoms with Crippen molar-refractivity contribution >= 4 is 17.2 Å². The fourth-order valence-corrected chi connectivity index (χ4v) is 4.09. The first kappa shape index (κ1) is 14.0. The van der Waals surface area contributed by atoms with Gasteiger partial charge in [0.15, 0.2) is 0 Å². The van der Waals surface area contributed by atoms with Crippen molar-refractivity contribution in [1.29, 1.82) is 0 Å². The lowest BCUT2D eigenvalue weighted by atomic mass is 9.92. The molecule has 0 saturated carbocycles. The van der Waals surface area contributed by atoms with E-state index in [0.717, 1.165) is 38.5 Å². The van der Waals surface area contributed by atoms with Crippen LogP contribution in [0.3, 0.4) is 0 Å². The molecule has 1 aromatic rings. The molecule has 2 saturated heterocycles. The van der Waals surface area contributed by atoms with E-state index in [1.165, 1.54) is 17.7 Å². The van der Waals surface area contributed by atoms with E-state index in [1.54, 1.807) is 11.3 Å². The molecule has 2 aliphatic heterocycles. The Bertz CT molecular complexity index is 434. The number of likely N-dealkylation sites (tertiary alicyclic amines) is 1. The van der Waals surface area contributed by atoms with Crippen LogP contribution in [0.5, 0.6) is 0 Å². The van der Waals surface area contributed by atoms with Crippen LogP contribution in [-0.2, 0) is 11.2 Å². The summed E-state index contributed by atoms with van der Waals surface area (Å²) in [5, 5.41) is 8.59. The predicted octanol–water partition coefficient (Wildman–Crippen LogP) is 1.09. The minimum atomic E-state index is 0.175. The highest BCUT2D eigenvalue weighted by Crippen LogP contribution is 2.25. The molecule has 110 valence electrons. The number of hydrogen-bond donors (Lipinski definition) is 2. The van der Waals surface area contributed by atoms with Crippen molar-refractivity contribution in [2.75, 3.05) is 32.7 Å². The molecule has 3 rings (SSSR count). The average molecular weight is 293 g/mol. The third-order valence-corrected chi connectivity index (χ3v) is 5.35. The van der Waals surface area contributed by atoms with Crippen LogP contribution in [0.1, 0.15) is 17.7 Å². The number of rotatable bonds is 5. The molecule has 2 atom stereocenters. The molecule has 0 spiro atoms. The molecule has 2 N–H and O–H groups in total. The summed E-state index contributed by atoms with van der Waals surface area (Å²) >= 11 is 1.75. The van der Waals surface area contributed by atoms with Gasteiger partial charge < -0.3 is 10.6 Å². The summed E-state index contributed by atoms with van der Waals surface area (Å²) in [6.45, 7) is 4.56. The van der Waals surface area contributed by atoms with E-state index in [2.05, 4.69) is 33.0 Å². The van der Waals surface area contributed by atoms with Crippen molar-refractivity contribution in [2.45, 2.75) is 25.3 Å². The van der Waals surface area contributed by atoms with Crippen LogP contribution in [-0.4, -0.2) is 49.6 Å². The molecule has 0 aromatic carbocycles. The molecular formula is C15H23N3OS. The summed E-state index contributed by atoms with van der Waals surface area (Å²) in [4.78, 5) is 15.8. The van der Waals surface area contributed by atoms with Gasteiger partial charge in [0.05, 0.1) is 6.54 Å². The molecule has 1 amide bonds. The highest BCUT2D eigenvalue weighted by molar-refractivity contribution is 7.09. The second kappa shape index (κ2) is 6.70. The van der Waals surface area contributed by atoms with Gasteiger partial charge in [-0.3, -0.25) is 9.69 Å². The number of carbonyl (C=O) groups is 1. The quantitative estimate of drug-likeness (QED) is 0.854. The number of nitrogens with zero attached hydrogens (tertiary/aromatic N) is 1.